The molecule has 1 saturated heterocycles. The highest BCUT2D eigenvalue weighted by atomic mass is 32.2. The molecule has 4 nitrogen and oxygen atoms in total. The topological polar surface area (TPSA) is 45.2 Å². The Hall–Kier alpha value is -2.01. The molecule has 1 aromatic carbocycles. The Bertz CT molecular complexity index is 692. The zero-order valence-electron chi connectivity index (χ0n) is 14.9. The number of rotatable bonds is 5. The fraction of sp³-hybridized carbons (Fsp3) is 0.400. The summed E-state index contributed by atoms with van der Waals surface area (Å²) in [5.74, 6) is 1.80. The molecule has 25 heavy (non-hydrogen) atoms. The summed E-state index contributed by atoms with van der Waals surface area (Å²) in [6, 6.07) is 11.8. The van der Waals surface area contributed by atoms with Crippen LogP contribution >= 0.6 is 11.8 Å². The molecule has 0 unspecified atom stereocenters. The zero-order chi connectivity index (χ0) is 17.6. The second kappa shape index (κ2) is 8.39. The molecule has 0 aliphatic carbocycles. The highest BCUT2D eigenvalue weighted by Crippen LogP contribution is 2.21. The molecule has 0 atom stereocenters. The van der Waals surface area contributed by atoms with Crippen LogP contribution < -0.4 is 10.2 Å². The summed E-state index contributed by atoms with van der Waals surface area (Å²) in [5, 5.41) is 2.96. The van der Waals surface area contributed by atoms with Crippen molar-refractivity contribution in [3.63, 3.8) is 0 Å². The van der Waals surface area contributed by atoms with Gasteiger partial charge in [0.15, 0.2) is 0 Å². The molecule has 132 valence electrons. The molecule has 1 N–H and O–H groups in total. The van der Waals surface area contributed by atoms with Gasteiger partial charge in [0, 0.05) is 36.3 Å². The van der Waals surface area contributed by atoms with Crippen LogP contribution in [0.1, 0.15) is 35.7 Å². The quantitative estimate of drug-likeness (QED) is 0.825. The lowest BCUT2D eigenvalue weighted by atomic mass is 9.99. The van der Waals surface area contributed by atoms with E-state index in [1.54, 1.807) is 11.8 Å². The van der Waals surface area contributed by atoms with Gasteiger partial charge in [0.1, 0.15) is 5.82 Å². The molecule has 1 aromatic heterocycles. The van der Waals surface area contributed by atoms with E-state index in [1.807, 2.05) is 36.7 Å². The van der Waals surface area contributed by atoms with Crippen molar-refractivity contribution in [2.75, 3.05) is 24.2 Å². The van der Waals surface area contributed by atoms with Crippen molar-refractivity contribution < 1.29 is 4.79 Å². The lowest BCUT2D eigenvalue weighted by Crippen LogP contribution is -2.33. The third kappa shape index (κ3) is 4.75. The first kappa shape index (κ1) is 17.8. The molecule has 0 radical (unpaired) electrons. The summed E-state index contributed by atoms with van der Waals surface area (Å²) in [7, 11) is 0. The van der Waals surface area contributed by atoms with Gasteiger partial charge in [0.05, 0.1) is 0 Å². The average molecular weight is 356 g/mol. The first-order valence-electron chi connectivity index (χ1n) is 8.78. The van der Waals surface area contributed by atoms with Gasteiger partial charge in [0.2, 0.25) is 0 Å². The maximum atomic E-state index is 12.2. The standard InChI is InChI=1S/C20H25N3OS/c1-15-9-11-23(12-10-15)19-8-3-16(13-21-19)14-22-20(24)17-4-6-18(25-2)7-5-17/h3-8,13,15H,9-12,14H2,1-2H3,(H,22,24). The fourth-order valence-corrected chi connectivity index (χ4v) is 3.38. The summed E-state index contributed by atoms with van der Waals surface area (Å²) < 4.78 is 0. The number of benzene rings is 1. The molecule has 1 amide bonds. The maximum Gasteiger partial charge on any atom is 0.251 e. The number of hydrogen-bond acceptors (Lipinski definition) is 4. The van der Waals surface area contributed by atoms with Gasteiger partial charge in [-0.15, -0.1) is 11.8 Å². The second-order valence-corrected chi connectivity index (χ2v) is 7.49. The molecule has 0 bridgehead atoms. The number of nitrogens with one attached hydrogen (secondary N) is 1. The summed E-state index contributed by atoms with van der Waals surface area (Å²) >= 11 is 1.67. The van der Waals surface area contributed by atoms with Crippen molar-refractivity contribution in [3.05, 3.63) is 53.7 Å². The predicted molar refractivity (Wildman–Crippen MR) is 104 cm³/mol. The third-order valence-electron chi connectivity index (χ3n) is 4.72. The van der Waals surface area contributed by atoms with Crippen LogP contribution in [0.25, 0.3) is 0 Å². The number of anilines is 1. The Balaban J connectivity index is 1.53. The number of piperidine rings is 1. The Morgan fingerprint density at radius 2 is 1.92 bits per heavy atom. The first-order valence-corrected chi connectivity index (χ1v) is 10.0. The normalized spacial score (nSPS) is 15.2. The lowest BCUT2D eigenvalue weighted by molar-refractivity contribution is 0.0951. The van der Waals surface area contributed by atoms with Crippen molar-refractivity contribution in [2.24, 2.45) is 5.92 Å². The van der Waals surface area contributed by atoms with Crippen LogP contribution in [0.3, 0.4) is 0 Å². The van der Waals surface area contributed by atoms with Gasteiger partial charge < -0.3 is 10.2 Å². The maximum absolute atomic E-state index is 12.2. The van der Waals surface area contributed by atoms with Gasteiger partial charge in [-0.25, -0.2) is 4.98 Å². The first-order chi connectivity index (χ1) is 12.2. The Kier molecular flexibility index (Phi) is 5.97. The SMILES string of the molecule is CSc1ccc(C(=O)NCc2ccc(N3CCC(C)CC3)nc2)cc1. The summed E-state index contributed by atoms with van der Waals surface area (Å²) in [4.78, 5) is 20.3. The number of carbonyl (C=O) groups is 1. The summed E-state index contributed by atoms with van der Waals surface area (Å²) in [5.41, 5.74) is 1.70. The zero-order valence-corrected chi connectivity index (χ0v) is 15.7. The largest absolute Gasteiger partial charge is 0.357 e. The Morgan fingerprint density at radius 1 is 1.20 bits per heavy atom. The number of carbonyl (C=O) groups excluding carboxylic acids is 1. The van der Waals surface area contributed by atoms with Crippen LogP contribution in [0.5, 0.6) is 0 Å². The third-order valence-corrected chi connectivity index (χ3v) is 5.47. The van der Waals surface area contributed by atoms with E-state index in [0.29, 0.717) is 12.1 Å². The van der Waals surface area contributed by atoms with Crippen LogP contribution in [0.2, 0.25) is 0 Å². The minimum atomic E-state index is -0.0539. The van der Waals surface area contributed by atoms with Crippen LogP contribution in [0, 0.1) is 5.92 Å². The Labute approximate surface area is 154 Å². The second-order valence-electron chi connectivity index (χ2n) is 6.61. The molecule has 1 fully saturated rings. The molecule has 2 heterocycles. The van der Waals surface area contributed by atoms with Crippen molar-refractivity contribution in [3.8, 4) is 0 Å². The number of pyridine rings is 1. The van der Waals surface area contributed by atoms with Crippen LogP contribution in [-0.2, 0) is 6.54 Å². The van der Waals surface area contributed by atoms with Crippen LogP contribution in [0.4, 0.5) is 5.82 Å². The lowest BCUT2D eigenvalue weighted by Gasteiger charge is -2.31. The number of thioether (sulfide) groups is 1. The van der Waals surface area contributed by atoms with E-state index < -0.39 is 0 Å². The minimum Gasteiger partial charge on any atom is -0.357 e. The van der Waals surface area contributed by atoms with Gasteiger partial charge in [-0.05, 0) is 60.9 Å². The van der Waals surface area contributed by atoms with Crippen molar-refractivity contribution in [2.45, 2.75) is 31.2 Å². The molecule has 0 saturated carbocycles. The van der Waals surface area contributed by atoms with Gasteiger partial charge >= 0.3 is 0 Å². The monoisotopic (exact) mass is 355 g/mol. The van der Waals surface area contributed by atoms with E-state index in [-0.39, 0.29) is 5.91 Å². The van der Waals surface area contributed by atoms with E-state index in [2.05, 4.69) is 34.3 Å². The smallest absolute Gasteiger partial charge is 0.251 e. The van der Waals surface area contributed by atoms with Crippen molar-refractivity contribution in [1.29, 1.82) is 0 Å². The van der Waals surface area contributed by atoms with Crippen molar-refractivity contribution in [1.82, 2.24) is 10.3 Å². The van der Waals surface area contributed by atoms with E-state index >= 15 is 0 Å². The molecule has 5 heteroatoms. The molecular weight excluding hydrogens is 330 g/mol. The minimum absolute atomic E-state index is 0.0539. The van der Waals surface area contributed by atoms with Gasteiger partial charge in [0.25, 0.3) is 5.91 Å². The van der Waals surface area contributed by atoms with Gasteiger partial charge in [-0.3, -0.25) is 4.79 Å². The predicted octanol–water partition coefficient (Wildman–Crippen LogP) is 3.97. The summed E-state index contributed by atoms with van der Waals surface area (Å²) in [6.45, 7) is 4.96. The number of hydrogen-bond donors (Lipinski definition) is 1. The highest BCUT2D eigenvalue weighted by molar-refractivity contribution is 7.98. The molecule has 1 aliphatic heterocycles. The van der Waals surface area contributed by atoms with Gasteiger partial charge in [-0.2, -0.15) is 0 Å². The number of amides is 1. The molecule has 1 aliphatic rings. The van der Waals surface area contributed by atoms with E-state index in [4.69, 9.17) is 0 Å². The average Bonchev–Trinajstić information content (AvgIpc) is 2.67. The fourth-order valence-electron chi connectivity index (χ4n) is 2.97. The highest BCUT2D eigenvalue weighted by Gasteiger charge is 2.16. The molecule has 3 rings (SSSR count). The van der Waals surface area contributed by atoms with Crippen LogP contribution in [-0.4, -0.2) is 30.2 Å². The molecular formula is C20H25N3OS. The van der Waals surface area contributed by atoms with Crippen molar-refractivity contribution >= 4 is 23.5 Å². The number of aromatic nitrogens is 1. The van der Waals surface area contributed by atoms with E-state index in [0.717, 1.165) is 35.3 Å². The van der Waals surface area contributed by atoms with Gasteiger partial charge in [-0.1, -0.05) is 13.0 Å². The van der Waals surface area contributed by atoms with E-state index in [1.165, 1.54) is 12.8 Å². The Morgan fingerprint density at radius 3 is 2.52 bits per heavy atom. The molecule has 2 aromatic rings. The van der Waals surface area contributed by atoms with Crippen LogP contribution in [0.15, 0.2) is 47.5 Å². The number of nitrogens with zero attached hydrogens (tertiary/aromatic N) is 2. The summed E-state index contributed by atoms with van der Waals surface area (Å²) in [6.07, 6.45) is 6.35. The van der Waals surface area contributed by atoms with E-state index in [9.17, 15) is 4.79 Å². The molecule has 0 spiro atoms.